The van der Waals surface area contributed by atoms with Gasteiger partial charge >= 0.3 is 0 Å². The number of unbranched alkanes of at least 4 members (excludes halogenated alkanes) is 1. The molecule has 0 aliphatic carbocycles. The van der Waals surface area contributed by atoms with Gasteiger partial charge in [0.2, 0.25) is 0 Å². The van der Waals surface area contributed by atoms with Crippen LogP contribution in [0.5, 0.6) is 5.75 Å². The molecular weight excluding hydrogens is 360 g/mol. The van der Waals surface area contributed by atoms with E-state index in [0.29, 0.717) is 6.04 Å². The van der Waals surface area contributed by atoms with E-state index in [2.05, 4.69) is 45.6 Å². The predicted molar refractivity (Wildman–Crippen MR) is 109 cm³/mol. The fourth-order valence-electron chi connectivity index (χ4n) is 3.21. The van der Waals surface area contributed by atoms with Gasteiger partial charge in [0.25, 0.3) is 0 Å². The zero-order valence-corrected chi connectivity index (χ0v) is 17.4. The van der Waals surface area contributed by atoms with Gasteiger partial charge in [0.1, 0.15) is 5.75 Å². The lowest BCUT2D eigenvalue weighted by Crippen LogP contribution is -2.44. The molecule has 3 rings (SSSR count). The highest BCUT2D eigenvalue weighted by Crippen LogP contribution is 2.26. The SMILES string of the molecule is CCCCn1c(SCCN2CCOCC2C)nnc1-c1ccc(OC)cc1. The average molecular weight is 391 g/mol. The Hall–Kier alpha value is -1.57. The summed E-state index contributed by atoms with van der Waals surface area (Å²) in [6, 6.07) is 8.54. The summed E-state index contributed by atoms with van der Waals surface area (Å²) in [5.74, 6) is 2.80. The van der Waals surface area contributed by atoms with E-state index in [1.165, 1.54) is 0 Å². The summed E-state index contributed by atoms with van der Waals surface area (Å²) in [6.07, 6.45) is 2.27. The molecule has 0 N–H and O–H groups in total. The van der Waals surface area contributed by atoms with Crippen molar-refractivity contribution in [3.63, 3.8) is 0 Å². The molecule has 2 aromatic rings. The number of thioether (sulfide) groups is 1. The van der Waals surface area contributed by atoms with E-state index in [4.69, 9.17) is 9.47 Å². The van der Waals surface area contributed by atoms with Crippen molar-refractivity contribution in [2.24, 2.45) is 0 Å². The number of rotatable bonds is 9. The first kappa shape index (κ1) is 20.2. The van der Waals surface area contributed by atoms with Gasteiger partial charge in [-0.15, -0.1) is 10.2 Å². The van der Waals surface area contributed by atoms with E-state index < -0.39 is 0 Å². The Kier molecular flexibility index (Phi) is 7.55. The normalized spacial score (nSPS) is 18.0. The van der Waals surface area contributed by atoms with E-state index in [0.717, 1.165) is 73.7 Å². The van der Waals surface area contributed by atoms with Crippen molar-refractivity contribution < 1.29 is 9.47 Å². The fraction of sp³-hybridized carbons (Fsp3) is 0.600. The first-order valence-corrected chi connectivity index (χ1v) is 10.7. The van der Waals surface area contributed by atoms with Crippen molar-refractivity contribution in [1.29, 1.82) is 0 Å². The van der Waals surface area contributed by atoms with Crippen molar-refractivity contribution in [1.82, 2.24) is 19.7 Å². The number of morpholine rings is 1. The molecule has 0 saturated carbocycles. The Balaban J connectivity index is 1.69. The van der Waals surface area contributed by atoms with Crippen LogP contribution in [0, 0.1) is 0 Å². The summed E-state index contributed by atoms with van der Waals surface area (Å²) < 4.78 is 13.1. The van der Waals surface area contributed by atoms with Crippen molar-refractivity contribution in [3.05, 3.63) is 24.3 Å². The molecule has 1 aromatic carbocycles. The Morgan fingerprint density at radius 3 is 2.74 bits per heavy atom. The highest BCUT2D eigenvalue weighted by atomic mass is 32.2. The standard InChI is InChI=1S/C20H30N4O2S/c1-4-5-10-24-19(17-6-8-18(25-3)9-7-17)21-22-20(24)27-14-12-23-11-13-26-15-16(23)2/h6-9,16H,4-5,10-15H2,1-3H3. The summed E-state index contributed by atoms with van der Waals surface area (Å²) >= 11 is 1.80. The number of nitrogens with zero attached hydrogens (tertiary/aromatic N) is 4. The number of hydrogen-bond acceptors (Lipinski definition) is 6. The molecule has 7 heteroatoms. The third kappa shape index (κ3) is 5.24. The van der Waals surface area contributed by atoms with Crippen LogP contribution in [-0.2, 0) is 11.3 Å². The second-order valence-corrected chi connectivity index (χ2v) is 7.91. The third-order valence-electron chi connectivity index (χ3n) is 4.92. The van der Waals surface area contributed by atoms with Crippen LogP contribution < -0.4 is 4.74 Å². The van der Waals surface area contributed by atoms with Crippen molar-refractivity contribution in [2.45, 2.75) is 44.4 Å². The van der Waals surface area contributed by atoms with E-state index in [1.807, 2.05) is 12.1 Å². The van der Waals surface area contributed by atoms with Crippen LogP contribution >= 0.6 is 11.8 Å². The van der Waals surface area contributed by atoms with Crippen LogP contribution in [0.25, 0.3) is 11.4 Å². The maximum atomic E-state index is 5.52. The van der Waals surface area contributed by atoms with E-state index in [9.17, 15) is 0 Å². The lowest BCUT2D eigenvalue weighted by Gasteiger charge is -2.32. The van der Waals surface area contributed by atoms with Gasteiger partial charge in [-0.2, -0.15) is 0 Å². The van der Waals surface area contributed by atoms with Crippen LogP contribution in [-0.4, -0.2) is 64.9 Å². The van der Waals surface area contributed by atoms with Crippen molar-refractivity contribution >= 4 is 11.8 Å². The van der Waals surface area contributed by atoms with Crippen molar-refractivity contribution in [2.75, 3.05) is 39.2 Å². The highest BCUT2D eigenvalue weighted by Gasteiger charge is 2.19. The molecule has 1 aliphatic heterocycles. The quantitative estimate of drug-likeness (QED) is 0.610. The van der Waals surface area contributed by atoms with Gasteiger partial charge in [-0.1, -0.05) is 25.1 Å². The molecule has 6 nitrogen and oxygen atoms in total. The smallest absolute Gasteiger partial charge is 0.191 e. The van der Waals surface area contributed by atoms with Crippen LogP contribution in [0.4, 0.5) is 0 Å². The molecule has 1 aromatic heterocycles. The lowest BCUT2D eigenvalue weighted by atomic mass is 10.2. The van der Waals surface area contributed by atoms with Crippen LogP contribution in [0.15, 0.2) is 29.4 Å². The van der Waals surface area contributed by atoms with E-state index in [1.54, 1.807) is 18.9 Å². The molecule has 1 fully saturated rings. The molecule has 1 atom stereocenters. The van der Waals surface area contributed by atoms with E-state index in [-0.39, 0.29) is 0 Å². The Morgan fingerprint density at radius 2 is 2.04 bits per heavy atom. The maximum Gasteiger partial charge on any atom is 0.191 e. The minimum Gasteiger partial charge on any atom is -0.497 e. The molecule has 148 valence electrons. The van der Waals surface area contributed by atoms with E-state index >= 15 is 0 Å². The summed E-state index contributed by atoms with van der Waals surface area (Å²) in [5.41, 5.74) is 1.08. The molecule has 1 saturated heterocycles. The summed E-state index contributed by atoms with van der Waals surface area (Å²) in [6.45, 7) is 9.12. The number of ether oxygens (including phenoxy) is 2. The number of benzene rings is 1. The Bertz CT molecular complexity index is 705. The second kappa shape index (κ2) is 10.1. The van der Waals surface area contributed by atoms with Crippen LogP contribution in [0.2, 0.25) is 0 Å². The minimum atomic E-state index is 0.493. The highest BCUT2D eigenvalue weighted by molar-refractivity contribution is 7.99. The van der Waals surface area contributed by atoms with Crippen LogP contribution in [0.3, 0.4) is 0 Å². The third-order valence-corrected chi connectivity index (χ3v) is 5.86. The summed E-state index contributed by atoms with van der Waals surface area (Å²) in [4.78, 5) is 2.49. The monoisotopic (exact) mass is 390 g/mol. The van der Waals surface area contributed by atoms with Gasteiger partial charge in [0, 0.05) is 37.0 Å². The topological polar surface area (TPSA) is 52.4 Å². The second-order valence-electron chi connectivity index (χ2n) is 6.85. The molecule has 0 amide bonds. The van der Waals surface area contributed by atoms with Gasteiger partial charge in [-0.3, -0.25) is 4.90 Å². The number of methoxy groups -OCH3 is 1. The summed E-state index contributed by atoms with van der Waals surface area (Å²) in [7, 11) is 1.68. The first-order chi connectivity index (χ1) is 13.2. The Labute approximate surface area is 166 Å². The average Bonchev–Trinajstić information content (AvgIpc) is 3.10. The summed E-state index contributed by atoms with van der Waals surface area (Å²) in [5, 5.41) is 9.99. The maximum absolute atomic E-state index is 5.52. The molecular formula is C20H30N4O2S. The molecule has 0 spiro atoms. The predicted octanol–water partition coefficient (Wildman–Crippen LogP) is 3.57. The lowest BCUT2D eigenvalue weighted by molar-refractivity contribution is 0.00298. The molecule has 1 aliphatic rings. The zero-order valence-electron chi connectivity index (χ0n) is 16.6. The van der Waals surface area contributed by atoms with Gasteiger partial charge in [-0.25, -0.2) is 0 Å². The number of aromatic nitrogens is 3. The Morgan fingerprint density at radius 1 is 1.22 bits per heavy atom. The molecule has 27 heavy (non-hydrogen) atoms. The molecule has 0 bridgehead atoms. The van der Waals surface area contributed by atoms with Crippen molar-refractivity contribution in [3.8, 4) is 17.1 Å². The first-order valence-electron chi connectivity index (χ1n) is 9.75. The fourth-order valence-corrected chi connectivity index (χ4v) is 4.16. The number of hydrogen-bond donors (Lipinski definition) is 0. The van der Waals surface area contributed by atoms with Gasteiger partial charge < -0.3 is 14.0 Å². The van der Waals surface area contributed by atoms with Gasteiger partial charge in [-0.05, 0) is 37.6 Å². The zero-order chi connectivity index (χ0) is 19.1. The largest absolute Gasteiger partial charge is 0.497 e. The molecule has 1 unspecified atom stereocenters. The van der Waals surface area contributed by atoms with Crippen LogP contribution in [0.1, 0.15) is 26.7 Å². The van der Waals surface area contributed by atoms with Gasteiger partial charge in [0.05, 0.1) is 20.3 Å². The molecule has 2 heterocycles. The minimum absolute atomic E-state index is 0.493. The molecule has 0 radical (unpaired) electrons. The van der Waals surface area contributed by atoms with Gasteiger partial charge in [0.15, 0.2) is 11.0 Å².